The molecule has 0 saturated carbocycles. The molecule has 1 rings (SSSR count). The Balaban J connectivity index is 2.09. The lowest BCUT2D eigenvalue weighted by Crippen LogP contribution is -2.41. The van der Waals surface area contributed by atoms with Crippen molar-refractivity contribution < 1.29 is 4.57 Å². The molecule has 0 saturated heterocycles. The molecule has 1 aromatic rings. The van der Waals surface area contributed by atoms with Gasteiger partial charge in [0.1, 0.15) is 12.4 Å². The number of rotatable bonds is 26. The number of aromatic nitrogens is 2. The van der Waals surface area contributed by atoms with Gasteiger partial charge < -0.3 is 0 Å². The van der Waals surface area contributed by atoms with E-state index in [2.05, 4.69) is 49.6 Å². The first-order valence-electron chi connectivity index (χ1n) is 16.3. The van der Waals surface area contributed by atoms with Crippen LogP contribution in [0.5, 0.6) is 0 Å². The predicted octanol–water partition coefficient (Wildman–Crippen LogP) is 11.4. The average molecular weight is 490 g/mol. The van der Waals surface area contributed by atoms with Crippen molar-refractivity contribution in [2.24, 2.45) is 0 Å². The first-order valence-corrected chi connectivity index (χ1v) is 16.3. The van der Waals surface area contributed by atoms with Gasteiger partial charge in [-0.1, -0.05) is 149 Å². The van der Waals surface area contributed by atoms with E-state index in [-0.39, 0.29) is 0 Å². The van der Waals surface area contributed by atoms with Crippen LogP contribution in [-0.4, -0.2) is 4.98 Å². The normalized spacial score (nSPS) is 13.4. The summed E-state index contributed by atoms with van der Waals surface area (Å²) in [4.78, 5) is 3.62. The summed E-state index contributed by atoms with van der Waals surface area (Å²) in [5.74, 6) is 2.18. The molecule has 1 aromatic heterocycles. The third-order valence-corrected chi connectivity index (χ3v) is 8.23. The van der Waals surface area contributed by atoms with Crippen molar-refractivity contribution in [3.05, 3.63) is 18.2 Å². The zero-order valence-electron chi connectivity index (χ0n) is 24.7. The number of imidazole rings is 1. The number of hydrogen-bond donors (Lipinski definition) is 1. The first kappa shape index (κ1) is 32.2. The lowest BCUT2D eigenvalue weighted by molar-refractivity contribution is -0.727. The van der Waals surface area contributed by atoms with E-state index < -0.39 is 0 Å². The molecule has 2 heteroatoms. The van der Waals surface area contributed by atoms with Crippen LogP contribution in [-0.2, 0) is 0 Å². The van der Waals surface area contributed by atoms with Crippen LogP contribution in [0.2, 0.25) is 0 Å². The molecular weight excluding hydrogens is 424 g/mol. The van der Waals surface area contributed by atoms with Gasteiger partial charge in [-0.25, -0.2) is 9.55 Å². The van der Waals surface area contributed by atoms with Crippen LogP contribution in [0.1, 0.15) is 200 Å². The maximum absolute atomic E-state index is 3.62. The highest BCUT2D eigenvalue weighted by Crippen LogP contribution is 2.24. The van der Waals surface area contributed by atoms with E-state index in [4.69, 9.17) is 0 Å². The number of hydrogen-bond acceptors (Lipinski definition) is 0. The van der Waals surface area contributed by atoms with E-state index in [0.717, 1.165) is 0 Å². The van der Waals surface area contributed by atoms with Gasteiger partial charge in [0.15, 0.2) is 0 Å². The van der Waals surface area contributed by atoms with Crippen molar-refractivity contribution in [1.82, 2.24) is 4.98 Å². The van der Waals surface area contributed by atoms with Crippen molar-refractivity contribution in [2.75, 3.05) is 0 Å². The molecule has 2 atom stereocenters. The molecule has 0 bridgehead atoms. The number of unbranched alkanes of at least 4 members (excludes halogenated alkanes) is 19. The summed E-state index contributed by atoms with van der Waals surface area (Å²) in [5, 5.41) is 0. The van der Waals surface area contributed by atoms with Gasteiger partial charge in [-0.3, -0.25) is 0 Å². The Bertz CT molecular complexity index is 549. The molecular formula is C33H65N2+. The van der Waals surface area contributed by atoms with Gasteiger partial charge in [-0.15, -0.1) is 0 Å². The van der Waals surface area contributed by atoms with Crippen LogP contribution >= 0.6 is 0 Å². The van der Waals surface area contributed by atoms with Gasteiger partial charge in [0.2, 0.25) is 0 Å². The van der Waals surface area contributed by atoms with Crippen LogP contribution in [0, 0.1) is 0 Å². The van der Waals surface area contributed by atoms with Crippen LogP contribution in [0.15, 0.2) is 12.4 Å². The Morgan fingerprint density at radius 3 is 1.40 bits per heavy atom. The summed E-state index contributed by atoms with van der Waals surface area (Å²) in [7, 11) is 0. The quantitative estimate of drug-likeness (QED) is 0.0985. The molecule has 2 unspecified atom stereocenters. The molecule has 1 N–H and O–H groups in total. The highest BCUT2D eigenvalue weighted by molar-refractivity contribution is 4.89. The van der Waals surface area contributed by atoms with Crippen molar-refractivity contribution in [3.8, 4) is 0 Å². The molecule has 0 radical (unpaired) electrons. The molecule has 0 aliphatic carbocycles. The fraction of sp³-hybridized carbons (Fsp3) is 0.909. The Hall–Kier alpha value is -0.790. The monoisotopic (exact) mass is 490 g/mol. The molecule has 1 heterocycles. The lowest BCUT2D eigenvalue weighted by atomic mass is 9.96. The fourth-order valence-corrected chi connectivity index (χ4v) is 5.73. The Labute approximate surface area is 221 Å². The maximum atomic E-state index is 3.62. The van der Waals surface area contributed by atoms with Crippen molar-refractivity contribution in [3.63, 3.8) is 0 Å². The molecule has 0 aliphatic rings. The molecule has 2 nitrogen and oxygen atoms in total. The van der Waals surface area contributed by atoms with Gasteiger partial charge in [0.05, 0.1) is 12.0 Å². The predicted molar refractivity (Wildman–Crippen MR) is 156 cm³/mol. The second-order valence-corrected chi connectivity index (χ2v) is 11.5. The van der Waals surface area contributed by atoms with Crippen LogP contribution in [0.25, 0.3) is 0 Å². The zero-order valence-corrected chi connectivity index (χ0v) is 24.7. The fourth-order valence-electron chi connectivity index (χ4n) is 5.73. The molecule has 0 fully saturated rings. The third-order valence-electron chi connectivity index (χ3n) is 8.23. The van der Waals surface area contributed by atoms with E-state index >= 15 is 0 Å². The highest BCUT2D eigenvalue weighted by Gasteiger charge is 2.24. The summed E-state index contributed by atoms with van der Waals surface area (Å²) >= 11 is 0. The Morgan fingerprint density at radius 1 is 0.571 bits per heavy atom. The first-order chi connectivity index (χ1) is 17.2. The topological polar surface area (TPSA) is 19.7 Å². The molecule has 0 spiro atoms. The maximum Gasteiger partial charge on any atom is 0.257 e. The van der Waals surface area contributed by atoms with E-state index in [9.17, 15) is 0 Å². The molecule has 35 heavy (non-hydrogen) atoms. The van der Waals surface area contributed by atoms with E-state index in [1.54, 1.807) is 0 Å². The van der Waals surface area contributed by atoms with Gasteiger partial charge >= 0.3 is 0 Å². The summed E-state index contributed by atoms with van der Waals surface area (Å²) in [6.07, 6.45) is 38.5. The third kappa shape index (κ3) is 16.6. The molecule has 0 aliphatic heterocycles. The van der Waals surface area contributed by atoms with Crippen LogP contribution in [0.3, 0.4) is 0 Å². The second kappa shape index (κ2) is 23.6. The second-order valence-electron chi connectivity index (χ2n) is 11.5. The molecule has 0 aromatic carbocycles. The van der Waals surface area contributed by atoms with Gasteiger partial charge in [-0.05, 0) is 32.6 Å². The van der Waals surface area contributed by atoms with Gasteiger partial charge in [0, 0.05) is 0 Å². The minimum atomic E-state index is 0.623. The number of aromatic amines is 1. The van der Waals surface area contributed by atoms with Crippen LogP contribution < -0.4 is 4.57 Å². The van der Waals surface area contributed by atoms with E-state index in [1.165, 1.54) is 160 Å². The minimum Gasteiger partial charge on any atom is -0.247 e. The van der Waals surface area contributed by atoms with Gasteiger partial charge in [0.25, 0.3) is 5.82 Å². The summed E-state index contributed by atoms with van der Waals surface area (Å²) in [5.41, 5.74) is 0. The van der Waals surface area contributed by atoms with Crippen molar-refractivity contribution in [1.29, 1.82) is 0 Å². The SMILES string of the molecule is CCCCCCCCCCCCCCCCCC(CC)c1[nH]cc[n+]1C(C)CCCCCCCC. The summed E-state index contributed by atoms with van der Waals surface area (Å²) in [6, 6.07) is 0.623. The van der Waals surface area contributed by atoms with Crippen LogP contribution in [0.4, 0.5) is 0 Å². The number of nitrogens with one attached hydrogen (secondary N) is 1. The molecule has 206 valence electrons. The molecule has 0 amide bonds. The Kier molecular flexibility index (Phi) is 21.7. The van der Waals surface area contributed by atoms with Crippen molar-refractivity contribution >= 4 is 0 Å². The number of nitrogens with zero attached hydrogens (tertiary/aromatic N) is 1. The smallest absolute Gasteiger partial charge is 0.247 e. The number of H-pyrrole nitrogens is 1. The Morgan fingerprint density at radius 2 is 0.971 bits per heavy atom. The minimum absolute atomic E-state index is 0.623. The summed E-state index contributed by atoms with van der Waals surface area (Å²) in [6.45, 7) is 9.40. The van der Waals surface area contributed by atoms with E-state index in [0.29, 0.717) is 12.0 Å². The van der Waals surface area contributed by atoms with Gasteiger partial charge in [-0.2, -0.15) is 0 Å². The average Bonchev–Trinajstić information content (AvgIpc) is 3.36. The largest absolute Gasteiger partial charge is 0.257 e. The van der Waals surface area contributed by atoms with Crippen molar-refractivity contribution in [2.45, 2.75) is 194 Å². The highest BCUT2D eigenvalue weighted by atomic mass is 15.1. The van der Waals surface area contributed by atoms with E-state index in [1.807, 2.05) is 0 Å². The zero-order chi connectivity index (χ0) is 25.4. The summed E-state index contributed by atoms with van der Waals surface area (Å²) < 4.78 is 2.56. The standard InChI is InChI=1S/C33H64N2/c1-5-8-10-12-14-15-16-17-18-19-20-21-22-24-26-28-32(7-3)33-34-29-30-35(33)31(4)27-25-23-13-11-9-6-2/h29-32H,5-28H2,1-4H3/p+1. The lowest BCUT2D eigenvalue weighted by Gasteiger charge is -2.16.